The Morgan fingerprint density at radius 2 is 1.67 bits per heavy atom. The molecule has 0 saturated carbocycles. The third kappa shape index (κ3) is 5.48. The van der Waals surface area contributed by atoms with E-state index in [-0.39, 0.29) is 11.5 Å². The van der Waals surface area contributed by atoms with Crippen molar-refractivity contribution in [3.8, 4) is 0 Å². The van der Waals surface area contributed by atoms with Crippen LogP contribution in [0.2, 0.25) is 0 Å². The minimum absolute atomic E-state index is 0.0202. The van der Waals surface area contributed by atoms with Crippen LogP contribution in [-0.2, 0) is 9.59 Å². The summed E-state index contributed by atoms with van der Waals surface area (Å²) in [6.45, 7) is 9.59. The van der Waals surface area contributed by atoms with Gasteiger partial charge in [0.05, 0.1) is 0 Å². The fourth-order valence-corrected chi connectivity index (χ4v) is 2.46. The lowest BCUT2D eigenvalue weighted by molar-refractivity contribution is -0.125. The Labute approximate surface area is 159 Å². The lowest BCUT2D eigenvalue weighted by Gasteiger charge is -2.13. The van der Waals surface area contributed by atoms with Crippen molar-refractivity contribution in [2.24, 2.45) is 5.92 Å². The van der Waals surface area contributed by atoms with Crippen molar-refractivity contribution in [2.75, 3.05) is 0 Å². The Morgan fingerprint density at radius 3 is 2.22 bits per heavy atom. The van der Waals surface area contributed by atoms with Gasteiger partial charge >= 0.3 is 0 Å². The maximum absolute atomic E-state index is 13.3. The minimum Gasteiger partial charge on any atom is -0.288 e. The zero-order valence-electron chi connectivity index (χ0n) is 15.9. The number of imide groups is 1. The summed E-state index contributed by atoms with van der Waals surface area (Å²) in [5.74, 6) is -1.45. The monoisotopic (exact) mass is 365 g/mol. The molecule has 0 radical (unpaired) electrons. The van der Waals surface area contributed by atoms with Crippen LogP contribution in [0.1, 0.15) is 37.0 Å². The highest BCUT2D eigenvalue weighted by Gasteiger charge is 2.19. The van der Waals surface area contributed by atoms with Crippen LogP contribution in [0.5, 0.6) is 0 Å². The van der Waals surface area contributed by atoms with E-state index in [0.717, 1.165) is 17.5 Å². The quantitative estimate of drug-likeness (QED) is 0.583. The molecule has 0 heterocycles. The van der Waals surface area contributed by atoms with E-state index in [2.05, 4.69) is 11.9 Å². The van der Waals surface area contributed by atoms with Crippen molar-refractivity contribution in [1.29, 1.82) is 0 Å². The lowest BCUT2D eigenvalue weighted by atomic mass is 9.98. The number of amides is 2. The van der Waals surface area contributed by atoms with Crippen molar-refractivity contribution >= 4 is 23.5 Å². The van der Waals surface area contributed by atoms with E-state index in [1.807, 2.05) is 45.0 Å². The Balaban J connectivity index is 2.35. The zero-order valence-corrected chi connectivity index (χ0v) is 15.9. The molecule has 27 heavy (non-hydrogen) atoms. The van der Waals surface area contributed by atoms with E-state index < -0.39 is 17.6 Å². The Bertz CT molecular complexity index is 864. The number of halogens is 1. The standard InChI is InChI=1S/C23H24FNO2/c1-5-16(3)17(4)22(26)25-23(27)21(19-10-12-20(24)13-11-19)14-18-8-6-15(2)7-9-18/h6-14,16H,4-5H2,1-3H3,(H,25,26,27)/b21-14+. The molecular weight excluding hydrogens is 341 g/mol. The molecule has 140 valence electrons. The summed E-state index contributed by atoms with van der Waals surface area (Å²) < 4.78 is 13.3. The maximum atomic E-state index is 13.3. The topological polar surface area (TPSA) is 46.2 Å². The number of carbonyl (C=O) groups is 2. The summed E-state index contributed by atoms with van der Waals surface area (Å²) in [7, 11) is 0. The molecule has 0 aliphatic rings. The van der Waals surface area contributed by atoms with Crippen LogP contribution < -0.4 is 5.32 Å². The first-order valence-electron chi connectivity index (χ1n) is 8.90. The predicted octanol–water partition coefficient (Wildman–Crippen LogP) is 4.92. The van der Waals surface area contributed by atoms with Gasteiger partial charge in [0.1, 0.15) is 5.82 Å². The van der Waals surface area contributed by atoms with E-state index in [4.69, 9.17) is 0 Å². The smallest absolute Gasteiger partial charge is 0.258 e. The van der Waals surface area contributed by atoms with Crippen molar-refractivity contribution < 1.29 is 14.0 Å². The highest BCUT2D eigenvalue weighted by Crippen LogP contribution is 2.20. The van der Waals surface area contributed by atoms with Crippen molar-refractivity contribution in [3.05, 3.63) is 83.2 Å². The molecule has 1 N–H and O–H groups in total. The highest BCUT2D eigenvalue weighted by molar-refractivity contribution is 6.28. The summed E-state index contributed by atoms with van der Waals surface area (Å²) in [6, 6.07) is 13.2. The molecule has 0 saturated heterocycles. The molecule has 2 aromatic carbocycles. The average Bonchev–Trinajstić information content (AvgIpc) is 2.67. The van der Waals surface area contributed by atoms with Gasteiger partial charge in [0, 0.05) is 11.1 Å². The van der Waals surface area contributed by atoms with E-state index >= 15 is 0 Å². The van der Waals surface area contributed by atoms with E-state index in [1.165, 1.54) is 24.3 Å². The van der Waals surface area contributed by atoms with E-state index in [0.29, 0.717) is 11.1 Å². The molecule has 4 heteroatoms. The van der Waals surface area contributed by atoms with Gasteiger partial charge in [0.2, 0.25) is 0 Å². The van der Waals surface area contributed by atoms with Crippen LogP contribution in [0, 0.1) is 18.7 Å². The number of hydrogen-bond donors (Lipinski definition) is 1. The maximum Gasteiger partial charge on any atom is 0.258 e. The Morgan fingerprint density at radius 1 is 1.07 bits per heavy atom. The average molecular weight is 365 g/mol. The molecule has 0 aliphatic heterocycles. The van der Waals surface area contributed by atoms with Crippen LogP contribution in [0.15, 0.2) is 60.7 Å². The summed E-state index contributed by atoms with van der Waals surface area (Å²) in [6.07, 6.45) is 2.44. The first kappa shape index (κ1) is 20.3. The van der Waals surface area contributed by atoms with Gasteiger partial charge in [-0.15, -0.1) is 0 Å². The fraction of sp³-hybridized carbons (Fsp3) is 0.217. The third-order valence-corrected chi connectivity index (χ3v) is 4.51. The number of hydrogen-bond acceptors (Lipinski definition) is 2. The van der Waals surface area contributed by atoms with Gasteiger partial charge in [-0.2, -0.15) is 0 Å². The van der Waals surface area contributed by atoms with Crippen LogP contribution in [-0.4, -0.2) is 11.8 Å². The van der Waals surface area contributed by atoms with E-state index in [9.17, 15) is 14.0 Å². The molecule has 0 fully saturated rings. The largest absolute Gasteiger partial charge is 0.288 e. The summed E-state index contributed by atoms with van der Waals surface area (Å²) >= 11 is 0. The van der Waals surface area contributed by atoms with Crippen molar-refractivity contribution in [2.45, 2.75) is 27.2 Å². The van der Waals surface area contributed by atoms with Gasteiger partial charge in [0.15, 0.2) is 0 Å². The third-order valence-electron chi connectivity index (χ3n) is 4.51. The van der Waals surface area contributed by atoms with Gasteiger partial charge in [-0.05, 0) is 48.6 Å². The second-order valence-corrected chi connectivity index (χ2v) is 6.59. The minimum atomic E-state index is -0.545. The first-order chi connectivity index (χ1) is 12.8. The van der Waals surface area contributed by atoms with Gasteiger partial charge in [-0.25, -0.2) is 4.39 Å². The van der Waals surface area contributed by atoms with Crippen LogP contribution >= 0.6 is 0 Å². The molecule has 1 atom stereocenters. The van der Waals surface area contributed by atoms with Crippen molar-refractivity contribution in [1.82, 2.24) is 5.32 Å². The SMILES string of the molecule is C=C(C(=O)NC(=O)/C(=C/c1ccc(C)cc1)c1ccc(F)cc1)C(C)CC. The summed E-state index contributed by atoms with van der Waals surface area (Å²) in [4.78, 5) is 25.1. The van der Waals surface area contributed by atoms with Crippen LogP contribution in [0.25, 0.3) is 11.6 Å². The van der Waals surface area contributed by atoms with Crippen molar-refractivity contribution in [3.63, 3.8) is 0 Å². The second kappa shape index (κ2) is 9.08. The number of benzene rings is 2. The first-order valence-corrected chi connectivity index (χ1v) is 8.90. The molecule has 0 aromatic heterocycles. The lowest BCUT2D eigenvalue weighted by Crippen LogP contribution is -2.33. The van der Waals surface area contributed by atoms with Gasteiger partial charge < -0.3 is 0 Å². The molecule has 0 bridgehead atoms. The summed E-state index contributed by atoms with van der Waals surface area (Å²) in [5.41, 5.74) is 3.07. The fourth-order valence-electron chi connectivity index (χ4n) is 2.46. The molecular formula is C23H24FNO2. The van der Waals surface area contributed by atoms with Gasteiger partial charge in [-0.3, -0.25) is 14.9 Å². The Hall–Kier alpha value is -3.01. The van der Waals surface area contributed by atoms with E-state index in [1.54, 1.807) is 6.08 Å². The Kier molecular flexibility index (Phi) is 6.83. The second-order valence-electron chi connectivity index (χ2n) is 6.59. The summed E-state index contributed by atoms with van der Waals surface area (Å²) in [5, 5.41) is 2.40. The number of carbonyl (C=O) groups excluding carboxylic acids is 2. The molecule has 3 nitrogen and oxygen atoms in total. The van der Waals surface area contributed by atoms with Crippen LogP contribution in [0.3, 0.4) is 0 Å². The normalized spacial score (nSPS) is 12.4. The van der Waals surface area contributed by atoms with Gasteiger partial charge in [-0.1, -0.05) is 62.4 Å². The predicted molar refractivity (Wildman–Crippen MR) is 107 cm³/mol. The molecule has 0 aliphatic carbocycles. The number of nitrogens with one attached hydrogen (secondary N) is 1. The molecule has 1 unspecified atom stereocenters. The molecule has 0 spiro atoms. The van der Waals surface area contributed by atoms with Gasteiger partial charge in [0.25, 0.3) is 11.8 Å². The molecule has 2 rings (SSSR count). The number of aryl methyl sites for hydroxylation is 1. The molecule has 2 aromatic rings. The van der Waals surface area contributed by atoms with Crippen LogP contribution in [0.4, 0.5) is 4.39 Å². The number of rotatable bonds is 6. The zero-order chi connectivity index (χ0) is 20.0. The highest BCUT2D eigenvalue weighted by atomic mass is 19.1. The molecule has 2 amide bonds.